The van der Waals surface area contributed by atoms with E-state index in [2.05, 4.69) is 54.3 Å². The molecule has 0 atom stereocenters. The van der Waals surface area contributed by atoms with Gasteiger partial charge in [0, 0.05) is 43.0 Å². The molecule has 3 aromatic rings. The van der Waals surface area contributed by atoms with Crippen molar-refractivity contribution in [1.29, 1.82) is 0 Å². The van der Waals surface area contributed by atoms with Crippen molar-refractivity contribution in [3.8, 4) is 0 Å². The first-order valence-electron chi connectivity index (χ1n) is 7.08. The third-order valence-corrected chi connectivity index (χ3v) is 4.56. The van der Waals surface area contributed by atoms with Crippen LogP contribution in [0.1, 0.15) is 0 Å². The number of piperazine rings is 1. The van der Waals surface area contributed by atoms with E-state index in [4.69, 9.17) is 4.98 Å². The zero-order valence-electron chi connectivity index (χ0n) is 11.8. The maximum absolute atomic E-state index is 4.87. The highest BCUT2D eigenvalue weighted by atomic mass is 79.9. The zero-order valence-corrected chi connectivity index (χ0v) is 13.4. The van der Waals surface area contributed by atoms with Gasteiger partial charge < -0.3 is 9.80 Å². The van der Waals surface area contributed by atoms with Crippen LogP contribution in [0.5, 0.6) is 0 Å². The number of anilines is 1. The number of hydrogen-bond donors (Lipinski definition) is 0. The molecule has 1 aliphatic rings. The minimum Gasteiger partial charge on any atom is -0.351 e. The Morgan fingerprint density at radius 3 is 2.76 bits per heavy atom. The summed E-state index contributed by atoms with van der Waals surface area (Å²) in [6, 6.07) is 6.18. The molecule has 2 aromatic heterocycles. The Bertz CT molecular complexity index is 804. The van der Waals surface area contributed by atoms with Crippen LogP contribution < -0.4 is 4.90 Å². The summed E-state index contributed by atoms with van der Waals surface area (Å²) in [5, 5.41) is 0. The van der Waals surface area contributed by atoms with Crippen molar-refractivity contribution < 1.29 is 0 Å². The fourth-order valence-corrected chi connectivity index (χ4v) is 3.19. The first-order chi connectivity index (χ1) is 10.2. The summed E-state index contributed by atoms with van der Waals surface area (Å²) in [5.41, 5.74) is 3.01. The third kappa shape index (κ3) is 2.18. The van der Waals surface area contributed by atoms with E-state index in [0.717, 1.165) is 53.2 Å². The number of imidazole rings is 1. The standard InChI is InChI=1S/C15H16BrN5/c1-19-6-8-20(9-7-19)15-14-17-4-5-21(14)13-10-11(16)2-3-12(13)18-15/h2-5,10H,6-9H2,1H3. The second-order valence-electron chi connectivity index (χ2n) is 5.48. The second kappa shape index (κ2) is 4.96. The van der Waals surface area contributed by atoms with E-state index in [-0.39, 0.29) is 0 Å². The molecule has 0 radical (unpaired) electrons. The summed E-state index contributed by atoms with van der Waals surface area (Å²) in [6.07, 6.45) is 3.85. The summed E-state index contributed by atoms with van der Waals surface area (Å²) in [5.74, 6) is 0.989. The monoisotopic (exact) mass is 345 g/mol. The average Bonchev–Trinajstić information content (AvgIpc) is 2.97. The predicted octanol–water partition coefficient (Wildman–Crippen LogP) is 2.40. The van der Waals surface area contributed by atoms with Crippen molar-refractivity contribution in [2.24, 2.45) is 0 Å². The first-order valence-corrected chi connectivity index (χ1v) is 7.87. The number of benzene rings is 1. The number of fused-ring (bicyclic) bond motifs is 3. The van der Waals surface area contributed by atoms with Crippen molar-refractivity contribution in [2.75, 3.05) is 38.1 Å². The maximum atomic E-state index is 4.87. The minimum absolute atomic E-state index is 0.935. The molecule has 0 saturated carbocycles. The molecule has 21 heavy (non-hydrogen) atoms. The largest absolute Gasteiger partial charge is 0.351 e. The molecule has 4 rings (SSSR count). The van der Waals surface area contributed by atoms with E-state index >= 15 is 0 Å². The molecular formula is C15H16BrN5. The summed E-state index contributed by atoms with van der Waals surface area (Å²) in [7, 11) is 2.16. The number of likely N-dealkylation sites (N-methyl/N-ethyl adjacent to an activating group) is 1. The maximum Gasteiger partial charge on any atom is 0.180 e. The Morgan fingerprint density at radius 1 is 1.14 bits per heavy atom. The first kappa shape index (κ1) is 13.0. The Kier molecular flexibility index (Phi) is 3.08. The lowest BCUT2D eigenvalue weighted by atomic mass is 10.3. The molecule has 1 aromatic carbocycles. The van der Waals surface area contributed by atoms with Crippen molar-refractivity contribution in [3.05, 3.63) is 35.1 Å². The van der Waals surface area contributed by atoms with Gasteiger partial charge in [0.1, 0.15) is 0 Å². The van der Waals surface area contributed by atoms with Gasteiger partial charge in [-0.3, -0.25) is 4.40 Å². The Labute approximate surface area is 131 Å². The Hall–Kier alpha value is -1.66. The van der Waals surface area contributed by atoms with Crippen molar-refractivity contribution in [2.45, 2.75) is 0 Å². The van der Waals surface area contributed by atoms with Crippen LogP contribution in [0.2, 0.25) is 0 Å². The number of rotatable bonds is 1. The van der Waals surface area contributed by atoms with E-state index in [9.17, 15) is 0 Å². The van der Waals surface area contributed by atoms with Crippen molar-refractivity contribution in [1.82, 2.24) is 19.3 Å². The highest BCUT2D eigenvalue weighted by molar-refractivity contribution is 9.10. The normalized spacial score (nSPS) is 17.0. The molecule has 0 amide bonds. The lowest BCUT2D eigenvalue weighted by Crippen LogP contribution is -2.45. The topological polar surface area (TPSA) is 36.7 Å². The third-order valence-electron chi connectivity index (χ3n) is 4.07. The van der Waals surface area contributed by atoms with Gasteiger partial charge in [0.05, 0.1) is 11.0 Å². The van der Waals surface area contributed by atoms with Crippen LogP contribution >= 0.6 is 15.9 Å². The molecular weight excluding hydrogens is 330 g/mol. The Morgan fingerprint density at radius 2 is 1.95 bits per heavy atom. The predicted molar refractivity (Wildman–Crippen MR) is 87.9 cm³/mol. The second-order valence-corrected chi connectivity index (χ2v) is 6.40. The summed E-state index contributed by atoms with van der Waals surface area (Å²) < 4.78 is 3.18. The van der Waals surface area contributed by atoms with Crippen molar-refractivity contribution in [3.63, 3.8) is 0 Å². The van der Waals surface area contributed by atoms with Crippen LogP contribution in [0.15, 0.2) is 35.1 Å². The van der Waals surface area contributed by atoms with E-state index in [0.29, 0.717) is 0 Å². The molecule has 1 fully saturated rings. The van der Waals surface area contributed by atoms with Crippen LogP contribution in [0.3, 0.4) is 0 Å². The van der Waals surface area contributed by atoms with Gasteiger partial charge in [-0.25, -0.2) is 9.97 Å². The van der Waals surface area contributed by atoms with Crippen molar-refractivity contribution >= 4 is 38.4 Å². The van der Waals surface area contributed by atoms with Crippen LogP contribution in [0, 0.1) is 0 Å². The molecule has 6 heteroatoms. The van der Waals surface area contributed by atoms with Crippen LogP contribution in [-0.2, 0) is 0 Å². The van der Waals surface area contributed by atoms with Gasteiger partial charge in [0.15, 0.2) is 11.5 Å². The van der Waals surface area contributed by atoms with Gasteiger partial charge in [-0.1, -0.05) is 15.9 Å². The van der Waals surface area contributed by atoms with E-state index in [1.165, 1.54) is 0 Å². The molecule has 0 unspecified atom stereocenters. The zero-order chi connectivity index (χ0) is 14.4. The van der Waals surface area contributed by atoms with Gasteiger partial charge in [-0.2, -0.15) is 0 Å². The highest BCUT2D eigenvalue weighted by Gasteiger charge is 2.19. The molecule has 3 heterocycles. The summed E-state index contributed by atoms with van der Waals surface area (Å²) in [6.45, 7) is 4.11. The number of halogens is 1. The fraction of sp³-hybridized carbons (Fsp3) is 0.333. The van der Waals surface area contributed by atoms with E-state index in [1.807, 2.05) is 18.5 Å². The van der Waals surface area contributed by atoms with Gasteiger partial charge in [0.25, 0.3) is 0 Å². The van der Waals surface area contributed by atoms with Gasteiger partial charge in [0.2, 0.25) is 0 Å². The molecule has 0 aliphatic carbocycles. The fourth-order valence-electron chi connectivity index (χ4n) is 2.84. The van der Waals surface area contributed by atoms with Gasteiger partial charge in [-0.15, -0.1) is 0 Å². The number of hydrogen-bond acceptors (Lipinski definition) is 4. The molecule has 1 aliphatic heterocycles. The Balaban J connectivity index is 1.91. The van der Waals surface area contributed by atoms with Crippen LogP contribution in [0.25, 0.3) is 16.7 Å². The summed E-state index contributed by atoms with van der Waals surface area (Å²) in [4.78, 5) is 14.1. The molecule has 0 bridgehead atoms. The van der Waals surface area contributed by atoms with E-state index in [1.54, 1.807) is 0 Å². The SMILES string of the molecule is CN1CCN(c2nc3ccc(Br)cc3n3ccnc23)CC1. The smallest absolute Gasteiger partial charge is 0.180 e. The molecule has 5 nitrogen and oxygen atoms in total. The number of aromatic nitrogens is 3. The van der Waals surface area contributed by atoms with Gasteiger partial charge in [-0.05, 0) is 25.2 Å². The quantitative estimate of drug-likeness (QED) is 0.678. The molecule has 108 valence electrons. The van der Waals surface area contributed by atoms with Crippen LogP contribution in [0.4, 0.5) is 5.82 Å². The summed E-state index contributed by atoms with van der Waals surface area (Å²) >= 11 is 3.53. The minimum atomic E-state index is 0.935. The molecule has 0 spiro atoms. The van der Waals surface area contributed by atoms with Crippen LogP contribution in [-0.4, -0.2) is 52.5 Å². The lowest BCUT2D eigenvalue weighted by molar-refractivity contribution is 0.312. The number of nitrogens with zero attached hydrogens (tertiary/aromatic N) is 5. The molecule has 0 N–H and O–H groups in total. The highest BCUT2D eigenvalue weighted by Crippen LogP contribution is 2.26. The van der Waals surface area contributed by atoms with Gasteiger partial charge >= 0.3 is 0 Å². The van der Waals surface area contributed by atoms with E-state index < -0.39 is 0 Å². The average molecular weight is 346 g/mol. The molecule has 1 saturated heterocycles. The lowest BCUT2D eigenvalue weighted by Gasteiger charge is -2.33.